The van der Waals surface area contributed by atoms with E-state index in [1.807, 2.05) is 6.92 Å². The molecule has 1 aliphatic heterocycles. The van der Waals surface area contributed by atoms with Crippen LogP contribution in [0.5, 0.6) is 0 Å². The van der Waals surface area contributed by atoms with E-state index >= 15 is 0 Å². The van der Waals surface area contributed by atoms with Crippen molar-refractivity contribution in [1.82, 2.24) is 15.6 Å². The molecule has 3 atom stereocenters. The second-order valence-electron chi connectivity index (χ2n) is 1.96. The van der Waals surface area contributed by atoms with Gasteiger partial charge in [0.05, 0.1) is 11.0 Å². The fourth-order valence-corrected chi connectivity index (χ4v) is 1.20. The van der Waals surface area contributed by atoms with Crippen molar-refractivity contribution in [1.29, 1.82) is 0 Å². The monoisotopic (exact) mass is 165 g/mol. The fourth-order valence-electron chi connectivity index (χ4n) is 0.560. The first kappa shape index (κ1) is 8.09. The summed E-state index contributed by atoms with van der Waals surface area (Å²) in [5.41, 5.74) is 5.15. The van der Waals surface area contributed by atoms with Gasteiger partial charge in [-0.2, -0.15) is 0 Å². The highest BCUT2D eigenvalue weighted by Gasteiger charge is 2.28. The molecule has 1 fully saturated rings. The molecule has 0 spiro atoms. The molecule has 0 aliphatic carbocycles. The van der Waals surface area contributed by atoms with Crippen molar-refractivity contribution >= 4 is 11.0 Å². The summed E-state index contributed by atoms with van der Waals surface area (Å²) >= 11 is 0. The average molecular weight is 165 g/mol. The van der Waals surface area contributed by atoms with E-state index in [0.29, 0.717) is 5.75 Å². The van der Waals surface area contributed by atoms with Gasteiger partial charge in [-0.3, -0.25) is 0 Å². The van der Waals surface area contributed by atoms with Crippen LogP contribution in [0.2, 0.25) is 0 Å². The Hall–Kier alpha value is -0.0100. The van der Waals surface area contributed by atoms with Crippen LogP contribution in [0.15, 0.2) is 0 Å². The summed E-state index contributed by atoms with van der Waals surface area (Å²) in [6.07, 6.45) is -0.906. The van der Waals surface area contributed by atoms with Crippen LogP contribution in [0.1, 0.15) is 6.92 Å². The predicted molar refractivity (Wildman–Crippen MR) is 37.9 cm³/mol. The van der Waals surface area contributed by atoms with Gasteiger partial charge >= 0.3 is 0 Å². The van der Waals surface area contributed by atoms with Crippen molar-refractivity contribution in [2.75, 3.05) is 5.75 Å². The normalized spacial score (nSPS) is 35.0. The molecule has 0 radical (unpaired) electrons. The quantitative estimate of drug-likeness (QED) is 0.391. The SMILES string of the molecule is CCS(=O)N[C@H]1NNC1O. The lowest BCUT2D eigenvalue weighted by molar-refractivity contribution is -0.00865. The zero-order valence-electron chi connectivity index (χ0n) is 5.63. The van der Waals surface area contributed by atoms with Gasteiger partial charge < -0.3 is 5.11 Å². The zero-order chi connectivity index (χ0) is 7.56. The minimum Gasteiger partial charge on any atom is -0.374 e. The lowest BCUT2D eigenvalue weighted by atomic mass is 10.4. The maximum Gasteiger partial charge on any atom is 0.148 e. The Kier molecular flexibility index (Phi) is 2.75. The molecule has 60 valence electrons. The molecule has 0 saturated carbocycles. The first-order valence-corrected chi connectivity index (χ1v) is 4.39. The number of hydrazine groups is 1. The van der Waals surface area contributed by atoms with Crippen LogP contribution < -0.4 is 15.6 Å². The number of rotatable bonds is 3. The smallest absolute Gasteiger partial charge is 0.148 e. The maximum atomic E-state index is 10.8. The third-order valence-corrected chi connectivity index (χ3v) is 2.26. The van der Waals surface area contributed by atoms with E-state index in [0.717, 1.165) is 0 Å². The van der Waals surface area contributed by atoms with Gasteiger partial charge in [0.15, 0.2) is 0 Å². The largest absolute Gasteiger partial charge is 0.374 e. The van der Waals surface area contributed by atoms with Gasteiger partial charge in [0, 0.05) is 5.75 Å². The lowest BCUT2D eigenvalue weighted by Crippen LogP contribution is -2.72. The van der Waals surface area contributed by atoms with Gasteiger partial charge in [-0.05, 0) is 0 Å². The molecule has 0 bridgehead atoms. The van der Waals surface area contributed by atoms with Crippen LogP contribution in [0.4, 0.5) is 0 Å². The maximum absolute atomic E-state index is 10.8. The van der Waals surface area contributed by atoms with E-state index in [1.54, 1.807) is 0 Å². The Balaban J connectivity index is 2.19. The molecule has 0 amide bonds. The first-order chi connectivity index (χ1) is 4.74. The number of aliphatic hydroxyl groups excluding tert-OH is 1. The van der Waals surface area contributed by atoms with Crippen molar-refractivity contribution in [3.8, 4) is 0 Å². The van der Waals surface area contributed by atoms with Crippen molar-refractivity contribution in [2.45, 2.75) is 19.3 Å². The van der Waals surface area contributed by atoms with Gasteiger partial charge in [-0.1, -0.05) is 6.92 Å². The van der Waals surface area contributed by atoms with Crippen molar-refractivity contribution in [3.63, 3.8) is 0 Å². The van der Waals surface area contributed by atoms with E-state index < -0.39 is 17.2 Å². The molecule has 1 aliphatic rings. The summed E-state index contributed by atoms with van der Waals surface area (Å²) in [7, 11) is -1.04. The van der Waals surface area contributed by atoms with E-state index in [9.17, 15) is 4.21 Å². The highest BCUT2D eigenvalue weighted by Crippen LogP contribution is 1.93. The number of aliphatic hydroxyl groups is 1. The summed E-state index contributed by atoms with van der Waals surface area (Å²) in [6, 6.07) is 0. The molecule has 1 heterocycles. The summed E-state index contributed by atoms with van der Waals surface area (Å²) in [4.78, 5) is 0. The minimum atomic E-state index is -1.04. The standard InChI is InChI=1S/C4H11N3O2S/c1-2-10(9)7-3-4(8)6-5-3/h3-8H,2H2,1H3/t3-,4?,10?/m1/s1. The molecule has 0 aromatic heterocycles. The summed E-state index contributed by atoms with van der Waals surface area (Å²) in [6.45, 7) is 1.81. The van der Waals surface area contributed by atoms with Gasteiger partial charge in [0.25, 0.3) is 0 Å². The first-order valence-electron chi connectivity index (χ1n) is 3.07. The van der Waals surface area contributed by atoms with E-state index in [-0.39, 0.29) is 6.17 Å². The average Bonchev–Trinajstić information content (AvgIpc) is 1.96. The van der Waals surface area contributed by atoms with Crippen LogP contribution in [0.25, 0.3) is 0 Å². The molecule has 0 aromatic rings. The third kappa shape index (κ3) is 1.74. The molecule has 5 nitrogen and oxygen atoms in total. The van der Waals surface area contributed by atoms with Gasteiger partial charge in [-0.15, -0.1) is 0 Å². The molecule has 1 rings (SSSR count). The summed E-state index contributed by atoms with van der Waals surface area (Å²) < 4.78 is 13.4. The van der Waals surface area contributed by atoms with Crippen molar-refractivity contribution in [2.24, 2.45) is 0 Å². The zero-order valence-corrected chi connectivity index (χ0v) is 6.44. The van der Waals surface area contributed by atoms with Crippen molar-refractivity contribution in [3.05, 3.63) is 0 Å². The highest BCUT2D eigenvalue weighted by atomic mass is 32.2. The molecular weight excluding hydrogens is 154 g/mol. The number of hydrogen-bond acceptors (Lipinski definition) is 4. The Morgan fingerprint density at radius 3 is 2.70 bits per heavy atom. The van der Waals surface area contributed by atoms with Crippen LogP contribution in [0.3, 0.4) is 0 Å². The topological polar surface area (TPSA) is 73.4 Å². The second-order valence-corrected chi connectivity index (χ2v) is 3.47. The van der Waals surface area contributed by atoms with Gasteiger partial charge in [0.2, 0.25) is 0 Å². The fraction of sp³-hybridized carbons (Fsp3) is 1.00. The third-order valence-electron chi connectivity index (χ3n) is 1.22. The second kappa shape index (κ2) is 3.40. The number of hydrogen-bond donors (Lipinski definition) is 4. The van der Waals surface area contributed by atoms with E-state index in [1.165, 1.54) is 0 Å². The van der Waals surface area contributed by atoms with Crippen LogP contribution in [-0.2, 0) is 11.0 Å². The van der Waals surface area contributed by atoms with Crippen LogP contribution >= 0.6 is 0 Å². The molecule has 1 saturated heterocycles. The van der Waals surface area contributed by atoms with Crippen LogP contribution in [0, 0.1) is 0 Å². The minimum absolute atomic E-state index is 0.277. The van der Waals surface area contributed by atoms with Gasteiger partial charge in [0.1, 0.15) is 12.4 Å². The summed E-state index contributed by atoms with van der Waals surface area (Å²) in [5, 5.41) is 8.88. The molecule has 0 aromatic carbocycles. The molecule has 2 unspecified atom stereocenters. The van der Waals surface area contributed by atoms with Crippen molar-refractivity contribution < 1.29 is 9.32 Å². The van der Waals surface area contributed by atoms with Gasteiger partial charge in [-0.25, -0.2) is 19.8 Å². The highest BCUT2D eigenvalue weighted by molar-refractivity contribution is 7.82. The molecule has 10 heavy (non-hydrogen) atoms. The Morgan fingerprint density at radius 2 is 2.40 bits per heavy atom. The Bertz CT molecular complexity index is 142. The number of nitrogens with one attached hydrogen (secondary N) is 3. The molecule has 6 heteroatoms. The van der Waals surface area contributed by atoms with Crippen LogP contribution in [-0.4, -0.2) is 27.5 Å². The Labute approximate surface area is 61.8 Å². The predicted octanol–water partition coefficient (Wildman–Crippen LogP) is -1.99. The molecular formula is C4H11N3O2S. The summed E-state index contributed by atoms with van der Waals surface area (Å²) in [5.74, 6) is 0.547. The lowest BCUT2D eigenvalue weighted by Gasteiger charge is -2.34. The molecule has 4 N–H and O–H groups in total. The Morgan fingerprint density at radius 1 is 1.70 bits per heavy atom. The van der Waals surface area contributed by atoms with E-state index in [4.69, 9.17) is 5.11 Å². The van der Waals surface area contributed by atoms with E-state index in [2.05, 4.69) is 15.6 Å².